The molecule has 4 N–H and O–H groups in total. The summed E-state index contributed by atoms with van der Waals surface area (Å²) in [4.78, 5) is 0. The van der Waals surface area contributed by atoms with Gasteiger partial charge in [-0.3, -0.25) is 0 Å². The van der Waals surface area contributed by atoms with Crippen molar-refractivity contribution >= 4 is 11.8 Å². The van der Waals surface area contributed by atoms with Crippen molar-refractivity contribution in [3.63, 3.8) is 0 Å². The van der Waals surface area contributed by atoms with Crippen LogP contribution in [0.3, 0.4) is 0 Å². The van der Waals surface area contributed by atoms with Crippen molar-refractivity contribution in [2.45, 2.75) is 19.1 Å². The summed E-state index contributed by atoms with van der Waals surface area (Å²) in [5, 5.41) is 17.8. The van der Waals surface area contributed by atoms with Crippen molar-refractivity contribution in [1.82, 2.24) is 0 Å². The number of hydrogen-bond acceptors (Lipinski definition) is 4. The molecule has 0 aliphatic heterocycles. The second-order valence-corrected chi connectivity index (χ2v) is 4.97. The van der Waals surface area contributed by atoms with E-state index >= 15 is 0 Å². The molecule has 1 aromatic carbocycles. The Labute approximate surface area is 101 Å². The molecule has 4 heteroatoms. The minimum atomic E-state index is -0.643. The van der Waals surface area contributed by atoms with Crippen LogP contribution in [-0.4, -0.2) is 34.4 Å². The number of aliphatic hydroxyl groups excluding tert-OH is 2. The van der Waals surface area contributed by atoms with E-state index in [-0.39, 0.29) is 12.6 Å². The molecule has 0 amide bonds. The van der Waals surface area contributed by atoms with Crippen LogP contribution in [0.5, 0.6) is 0 Å². The van der Waals surface area contributed by atoms with Crippen molar-refractivity contribution < 1.29 is 10.2 Å². The van der Waals surface area contributed by atoms with Crippen LogP contribution in [0.15, 0.2) is 24.3 Å². The van der Waals surface area contributed by atoms with Gasteiger partial charge in [0.2, 0.25) is 0 Å². The lowest BCUT2D eigenvalue weighted by atomic mass is 10.1. The molecule has 1 aromatic rings. The van der Waals surface area contributed by atoms with E-state index in [2.05, 4.69) is 0 Å². The van der Waals surface area contributed by atoms with Crippen molar-refractivity contribution in [3.05, 3.63) is 35.4 Å². The maximum absolute atomic E-state index is 9.17. The van der Waals surface area contributed by atoms with Gasteiger partial charge in [-0.1, -0.05) is 29.8 Å². The number of thioether (sulfide) groups is 1. The molecular formula is C12H19NO2S. The molecule has 0 saturated heterocycles. The molecular weight excluding hydrogens is 222 g/mol. The van der Waals surface area contributed by atoms with E-state index in [0.29, 0.717) is 5.75 Å². The van der Waals surface area contributed by atoms with E-state index in [1.165, 1.54) is 5.56 Å². The van der Waals surface area contributed by atoms with E-state index in [1.54, 1.807) is 11.8 Å². The van der Waals surface area contributed by atoms with E-state index < -0.39 is 6.10 Å². The number of aryl methyl sites for hydroxylation is 1. The highest BCUT2D eigenvalue weighted by atomic mass is 32.2. The summed E-state index contributed by atoms with van der Waals surface area (Å²) >= 11 is 1.56. The normalized spacial score (nSPS) is 14.8. The SMILES string of the molecule is Cc1ccc(C(N)CSCC(O)CO)cc1. The third kappa shape index (κ3) is 4.53. The first-order valence-corrected chi connectivity index (χ1v) is 6.47. The number of nitrogens with two attached hydrogens (primary N) is 1. The molecule has 0 saturated carbocycles. The Bertz CT molecular complexity index is 302. The predicted octanol–water partition coefficient (Wildman–Crippen LogP) is 1.08. The lowest BCUT2D eigenvalue weighted by Gasteiger charge is -2.13. The second kappa shape index (κ2) is 6.91. The van der Waals surface area contributed by atoms with Gasteiger partial charge in [-0.2, -0.15) is 11.8 Å². The zero-order valence-electron chi connectivity index (χ0n) is 9.47. The predicted molar refractivity (Wildman–Crippen MR) is 68.5 cm³/mol. The summed E-state index contributed by atoms with van der Waals surface area (Å²) in [5.41, 5.74) is 8.34. The summed E-state index contributed by atoms with van der Waals surface area (Å²) in [6.45, 7) is 1.86. The Morgan fingerprint density at radius 2 is 1.88 bits per heavy atom. The van der Waals surface area contributed by atoms with E-state index in [1.807, 2.05) is 31.2 Å². The highest BCUT2D eigenvalue weighted by molar-refractivity contribution is 7.99. The average molecular weight is 241 g/mol. The van der Waals surface area contributed by atoms with Gasteiger partial charge in [0, 0.05) is 17.5 Å². The Kier molecular flexibility index (Phi) is 5.84. The van der Waals surface area contributed by atoms with E-state index in [4.69, 9.17) is 15.9 Å². The molecule has 16 heavy (non-hydrogen) atoms. The van der Waals surface area contributed by atoms with Gasteiger partial charge in [0.25, 0.3) is 0 Å². The minimum absolute atomic E-state index is 0.0171. The average Bonchev–Trinajstić information content (AvgIpc) is 2.29. The molecule has 1 rings (SSSR count). The van der Waals surface area contributed by atoms with Gasteiger partial charge in [-0.05, 0) is 12.5 Å². The Morgan fingerprint density at radius 1 is 1.25 bits per heavy atom. The van der Waals surface area contributed by atoms with Crippen LogP contribution in [0.4, 0.5) is 0 Å². The summed E-state index contributed by atoms with van der Waals surface area (Å²) in [7, 11) is 0. The fraction of sp³-hybridized carbons (Fsp3) is 0.500. The van der Waals surface area contributed by atoms with Gasteiger partial charge >= 0.3 is 0 Å². The maximum atomic E-state index is 9.17. The summed E-state index contributed by atoms with van der Waals surface area (Å²) in [6.07, 6.45) is -0.643. The Morgan fingerprint density at radius 3 is 2.44 bits per heavy atom. The molecule has 3 nitrogen and oxygen atoms in total. The van der Waals surface area contributed by atoms with Crippen LogP contribution in [-0.2, 0) is 0 Å². The number of aliphatic hydroxyl groups is 2. The van der Waals surface area contributed by atoms with E-state index in [0.717, 1.165) is 11.3 Å². The fourth-order valence-electron chi connectivity index (χ4n) is 1.29. The van der Waals surface area contributed by atoms with Gasteiger partial charge in [0.1, 0.15) is 0 Å². The topological polar surface area (TPSA) is 66.5 Å². The Balaban J connectivity index is 2.35. The number of rotatable bonds is 6. The van der Waals surface area contributed by atoms with Gasteiger partial charge in [0.15, 0.2) is 0 Å². The first-order chi connectivity index (χ1) is 7.63. The third-order valence-corrected chi connectivity index (χ3v) is 3.54. The molecule has 2 unspecified atom stereocenters. The molecule has 0 spiro atoms. The lowest BCUT2D eigenvalue weighted by molar-refractivity contribution is 0.113. The largest absolute Gasteiger partial charge is 0.394 e. The molecule has 2 atom stereocenters. The molecule has 0 aliphatic carbocycles. The molecule has 0 heterocycles. The van der Waals surface area contributed by atoms with Gasteiger partial charge < -0.3 is 15.9 Å². The monoisotopic (exact) mass is 241 g/mol. The summed E-state index contributed by atoms with van der Waals surface area (Å²) < 4.78 is 0. The highest BCUT2D eigenvalue weighted by Crippen LogP contribution is 2.17. The van der Waals surface area contributed by atoms with E-state index in [9.17, 15) is 0 Å². The van der Waals surface area contributed by atoms with Crippen molar-refractivity contribution in [3.8, 4) is 0 Å². The third-order valence-electron chi connectivity index (χ3n) is 2.32. The van der Waals surface area contributed by atoms with Gasteiger partial charge in [0.05, 0.1) is 12.7 Å². The highest BCUT2D eigenvalue weighted by Gasteiger charge is 2.07. The van der Waals surface area contributed by atoms with Crippen molar-refractivity contribution in [2.24, 2.45) is 5.73 Å². The molecule has 0 aromatic heterocycles. The summed E-state index contributed by atoms with van der Waals surface area (Å²) in [6, 6.07) is 8.13. The zero-order valence-corrected chi connectivity index (χ0v) is 10.3. The van der Waals surface area contributed by atoms with Crippen LogP contribution in [0.2, 0.25) is 0 Å². The van der Waals surface area contributed by atoms with Crippen LogP contribution in [0, 0.1) is 6.92 Å². The van der Waals surface area contributed by atoms with Crippen LogP contribution < -0.4 is 5.73 Å². The molecule has 0 aliphatic rings. The van der Waals surface area contributed by atoms with Crippen LogP contribution >= 0.6 is 11.8 Å². The lowest BCUT2D eigenvalue weighted by Crippen LogP contribution is -2.18. The molecule has 0 fully saturated rings. The molecule has 0 bridgehead atoms. The minimum Gasteiger partial charge on any atom is -0.394 e. The fourth-order valence-corrected chi connectivity index (χ4v) is 2.25. The first kappa shape index (κ1) is 13.5. The summed E-state index contributed by atoms with van der Waals surface area (Å²) in [5.74, 6) is 1.27. The number of benzene rings is 1. The van der Waals surface area contributed by atoms with Gasteiger partial charge in [-0.15, -0.1) is 0 Å². The molecule has 0 radical (unpaired) electrons. The Hall–Kier alpha value is -0.550. The molecule has 90 valence electrons. The van der Waals surface area contributed by atoms with Crippen LogP contribution in [0.1, 0.15) is 17.2 Å². The second-order valence-electron chi connectivity index (χ2n) is 3.89. The van der Waals surface area contributed by atoms with Crippen LogP contribution in [0.25, 0.3) is 0 Å². The zero-order chi connectivity index (χ0) is 12.0. The van der Waals surface area contributed by atoms with Crippen molar-refractivity contribution in [2.75, 3.05) is 18.1 Å². The number of hydrogen-bond donors (Lipinski definition) is 3. The maximum Gasteiger partial charge on any atom is 0.0861 e. The smallest absolute Gasteiger partial charge is 0.0861 e. The van der Waals surface area contributed by atoms with Crippen molar-refractivity contribution in [1.29, 1.82) is 0 Å². The standard InChI is InChI=1S/C12H19NO2S/c1-9-2-4-10(5-3-9)12(13)8-16-7-11(15)6-14/h2-5,11-12,14-15H,6-8,13H2,1H3. The van der Waals surface area contributed by atoms with Gasteiger partial charge in [-0.25, -0.2) is 0 Å². The first-order valence-electron chi connectivity index (χ1n) is 5.32. The quantitative estimate of drug-likeness (QED) is 0.697.